The summed E-state index contributed by atoms with van der Waals surface area (Å²) in [4.78, 5) is 14.4. The molecule has 0 radical (unpaired) electrons. The Morgan fingerprint density at radius 3 is 1.74 bits per heavy atom. The van der Waals surface area contributed by atoms with E-state index in [1.165, 1.54) is 0 Å². The molecule has 0 saturated heterocycles. The van der Waals surface area contributed by atoms with Gasteiger partial charge in [0, 0.05) is 25.6 Å². The lowest BCUT2D eigenvalue weighted by Gasteiger charge is -2.27. The summed E-state index contributed by atoms with van der Waals surface area (Å²) < 4.78 is 0. The lowest BCUT2D eigenvalue weighted by molar-refractivity contribution is -0.135. The van der Waals surface area contributed by atoms with Crippen LogP contribution in [0, 0.1) is 17.8 Å². The van der Waals surface area contributed by atoms with Crippen molar-refractivity contribution in [1.29, 1.82) is 0 Å². The van der Waals surface area contributed by atoms with Crippen LogP contribution in [0.25, 0.3) is 0 Å². The Bertz CT molecular complexity index is 220. The van der Waals surface area contributed by atoms with Crippen LogP contribution in [0.5, 0.6) is 0 Å². The standard InChI is InChI=1S/C15H32N2O.ClH/c1-12(2)7-9-17(10-8-13(3)4)15(18)14(5)11-16-6;/h12-14,16H,7-11H2,1-6H3;1H. The molecule has 1 amide bonds. The third-order valence-corrected chi connectivity index (χ3v) is 3.20. The smallest absolute Gasteiger partial charge is 0.226 e. The molecule has 1 atom stereocenters. The minimum absolute atomic E-state index is 0. The highest BCUT2D eigenvalue weighted by atomic mass is 35.5. The van der Waals surface area contributed by atoms with E-state index in [1.54, 1.807) is 0 Å². The van der Waals surface area contributed by atoms with Gasteiger partial charge in [0.1, 0.15) is 0 Å². The number of hydrogen-bond donors (Lipinski definition) is 1. The topological polar surface area (TPSA) is 32.3 Å². The number of hydrogen-bond acceptors (Lipinski definition) is 2. The number of carbonyl (C=O) groups excluding carboxylic acids is 1. The Hall–Kier alpha value is -0.280. The predicted molar refractivity (Wildman–Crippen MR) is 85.8 cm³/mol. The molecule has 0 aliphatic heterocycles. The molecule has 19 heavy (non-hydrogen) atoms. The third kappa shape index (κ3) is 10.2. The molecule has 0 rings (SSSR count). The maximum Gasteiger partial charge on any atom is 0.226 e. The fraction of sp³-hybridized carbons (Fsp3) is 0.933. The molecule has 0 bridgehead atoms. The van der Waals surface area contributed by atoms with E-state index in [0.29, 0.717) is 17.7 Å². The first kappa shape index (κ1) is 21.0. The molecule has 3 nitrogen and oxygen atoms in total. The maximum absolute atomic E-state index is 12.3. The number of carbonyl (C=O) groups is 1. The average Bonchev–Trinajstić information content (AvgIpc) is 2.28. The van der Waals surface area contributed by atoms with E-state index in [9.17, 15) is 4.79 Å². The summed E-state index contributed by atoms with van der Waals surface area (Å²) in [5, 5.41) is 3.09. The first-order chi connectivity index (χ1) is 8.38. The molecule has 0 fully saturated rings. The summed E-state index contributed by atoms with van der Waals surface area (Å²) in [6, 6.07) is 0. The van der Waals surface area contributed by atoms with E-state index >= 15 is 0 Å². The molecule has 0 aliphatic rings. The molecule has 0 aromatic heterocycles. The molecule has 0 heterocycles. The minimum atomic E-state index is 0. The molecule has 1 unspecified atom stereocenters. The third-order valence-electron chi connectivity index (χ3n) is 3.20. The monoisotopic (exact) mass is 292 g/mol. The minimum Gasteiger partial charge on any atom is -0.342 e. The Morgan fingerprint density at radius 1 is 1.00 bits per heavy atom. The van der Waals surface area contributed by atoms with Crippen LogP contribution in [0.15, 0.2) is 0 Å². The summed E-state index contributed by atoms with van der Waals surface area (Å²) in [5.41, 5.74) is 0. The summed E-state index contributed by atoms with van der Waals surface area (Å²) in [6.07, 6.45) is 2.19. The fourth-order valence-corrected chi connectivity index (χ4v) is 1.87. The molecule has 0 aromatic rings. The van der Waals surface area contributed by atoms with Gasteiger partial charge in [0.2, 0.25) is 5.91 Å². The molecule has 1 N–H and O–H groups in total. The van der Waals surface area contributed by atoms with Crippen molar-refractivity contribution in [3.05, 3.63) is 0 Å². The number of nitrogens with zero attached hydrogens (tertiary/aromatic N) is 1. The molecular formula is C15H33ClN2O. The van der Waals surface area contributed by atoms with Crippen molar-refractivity contribution in [2.24, 2.45) is 17.8 Å². The van der Waals surface area contributed by atoms with E-state index < -0.39 is 0 Å². The Balaban J connectivity index is 0. The van der Waals surface area contributed by atoms with E-state index in [-0.39, 0.29) is 18.3 Å². The molecule has 0 saturated carbocycles. The van der Waals surface area contributed by atoms with Gasteiger partial charge in [-0.3, -0.25) is 4.79 Å². The predicted octanol–water partition coefficient (Wildman–Crippen LogP) is 3.18. The average molecular weight is 293 g/mol. The van der Waals surface area contributed by atoms with Crippen LogP contribution in [0.2, 0.25) is 0 Å². The summed E-state index contributed by atoms with van der Waals surface area (Å²) in [5.74, 6) is 1.68. The second kappa shape index (κ2) is 11.5. The van der Waals surface area contributed by atoms with Crippen molar-refractivity contribution in [3.63, 3.8) is 0 Å². The number of halogens is 1. The van der Waals surface area contributed by atoms with E-state index in [4.69, 9.17) is 0 Å². The van der Waals surface area contributed by atoms with Gasteiger partial charge in [-0.15, -0.1) is 12.4 Å². The van der Waals surface area contributed by atoms with Crippen LogP contribution >= 0.6 is 12.4 Å². The zero-order valence-corrected chi connectivity index (χ0v) is 14.3. The van der Waals surface area contributed by atoms with Crippen LogP contribution in [0.1, 0.15) is 47.5 Å². The van der Waals surface area contributed by atoms with Crippen molar-refractivity contribution in [2.45, 2.75) is 47.5 Å². The first-order valence-electron chi connectivity index (χ1n) is 7.31. The van der Waals surface area contributed by atoms with Crippen molar-refractivity contribution < 1.29 is 4.79 Å². The fourth-order valence-electron chi connectivity index (χ4n) is 1.87. The number of rotatable bonds is 9. The van der Waals surface area contributed by atoms with Gasteiger partial charge < -0.3 is 10.2 Å². The van der Waals surface area contributed by atoms with Crippen molar-refractivity contribution in [2.75, 3.05) is 26.7 Å². The largest absolute Gasteiger partial charge is 0.342 e. The Kier molecular flexibility index (Phi) is 12.8. The molecule has 116 valence electrons. The van der Waals surface area contributed by atoms with Crippen molar-refractivity contribution in [3.8, 4) is 0 Å². The maximum atomic E-state index is 12.3. The number of nitrogens with one attached hydrogen (secondary N) is 1. The highest BCUT2D eigenvalue weighted by Crippen LogP contribution is 2.10. The Labute approximate surface area is 125 Å². The van der Waals surface area contributed by atoms with Gasteiger partial charge >= 0.3 is 0 Å². The zero-order valence-electron chi connectivity index (χ0n) is 13.5. The van der Waals surface area contributed by atoms with Crippen LogP contribution < -0.4 is 5.32 Å². The van der Waals surface area contributed by atoms with Gasteiger partial charge in [-0.2, -0.15) is 0 Å². The Morgan fingerprint density at radius 2 is 1.42 bits per heavy atom. The van der Waals surface area contributed by atoms with Crippen LogP contribution in [0.3, 0.4) is 0 Å². The second-order valence-corrected chi connectivity index (χ2v) is 6.15. The van der Waals surface area contributed by atoms with Gasteiger partial charge in [-0.05, 0) is 31.7 Å². The van der Waals surface area contributed by atoms with Gasteiger partial charge in [0.25, 0.3) is 0 Å². The molecular weight excluding hydrogens is 260 g/mol. The normalized spacial score (nSPS) is 12.4. The van der Waals surface area contributed by atoms with Gasteiger partial charge in [-0.1, -0.05) is 34.6 Å². The van der Waals surface area contributed by atoms with Crippen LogP contribution in [0.4, 0.5) is 0 Å². The van der Waals surface area contributed by atoms with E-state index in [0.717, 1.165) is 32.5 Å². The van der Waals surface area contributed by atoms with E-state index in [1.807, 2.05) is 14.0 Å². The molecule has 0 aliphatic carbocycles. The molecule has 0 spiro atoms. The quantitative estimate of drug-likeness (QED) is 0.708. The SMILES string of the molecule is CNCC(C)C(=O)N(CCC(C)C)CCC(C)C.Cl. The lowest BCUT2D eigenvalue weighted by atomic mass is 10.1. The molecule has 0 aromatic carbocycles. The highest BCUT2D eigenvalue weighted by Gasteiger charge is 2.19. The highest BCUT2D eigenvalue weighted by molar-refractivity contribution is 5.85. The van der Waals surface area contributed by atoms with Gasteiger partial charge in [0.05, 0.1) is 0 Å². The van der Waals surface area contributed by atoms with E-state index in [2.05, 4.69) is 37.9 Å². The zero-order chi connectivity index (χ0) is 14.1. The van der Waals surface area contributed by atoms with Gasteiger partial charge in [-0.25, -0.2) is 0 Å². The van der Waals surface area contributed by atoms with Crippen molar-refractivity contribution >= 4 is 18.3 Å². The summed E-state index contributed by atoms with van der Waals surface area (Å²) in [6.45, 7) is 13.4. The van der Waals surface area contributed by atoms with Crippen molar-refractivity contribution in [1.82, 2.24) is 10.2 Å². The number of amides is 1. The van der Waals surface area contributed by atoms with Crippen LogP contribution in [-0.2, 0) is 4.79 Å². The molecule has 4 heteroatoms. The summed E-state index contributed by atoms with van der Waals surface area (Å²) >= 11 is 0. The first-order valence-corrected chi connectivity index (χ1v) is 7.31. The van der Waals surface area contributed by atoms with Gasteiger partial charge in [0.15, 0.2) is 0 Å². The van der Waals surface area contributed by atoms with Crippen LogP contribution in [-0.4, -0.2) is 37.5 Å². The second-order valence-electron chi connectivity index (χ2n) is 6.15. The lowest BCUT2D eigenvalue weighted by Crippen LogP contribution is -2.40. The summed E-state index contributed by atoms with van der Waals surface area (Å²) in [7, 11) is 1.90.